The van der Waals surface area contributed by atoms with Crippen LogP contribution in [0.1, 0.15) is 11.1 Å². The highest BCUT2D eigenvalue weighted by Gasteiger charge is 2.30. The Bertz CT molecular complexity index is 477. The van der Waals surface area contributed by atoms with Gasteiger partial charge in [-0.2, -0.15) is 13.2 Å². The predicted octanol–water partition coefficient (Wildman–Crippen LogP) is 3.91. The molecule has 1 aromatic carbocycles. The molecule has 2 aromatic rings. The lowest BCUT2D eigenvalue weighted by Gasteiger charge is -2.09. The third-order valence-electron chi connectivity index (χ3n) is 2.27. The molecule has 2 rings (SSSR count). The molecule has 5 heteroatoms. The van der Waals surface area contributed by atoms with Crippen LogP contribution in [0.3, 0.4) is 0 Å². The SMILES string of the molecule is FC(F)(F)c1cccc(NCc2ccoc2)c1. The lowest BCUT2D eigenvalue weighted by atomic mass is 10.2. The molecule has 0 aliphatic heterocycles. The van der Waals surface area contributed by atoms with E-state index >= 15 is 0 Å². The summed E-state index contributed by atoms with van der Waals surface area (Å²) in [6.07, 6.45) is -1.25. The molecule has 0 radical (unpaired) electrons. The van der Waals surface area contributed by atoms with Crippen LogP contribution in [-0.4, -0.2) is 0 Å². The monoisotopic (exact) mass is 241 g/mol. The average Bonchev–Trinajstić information content (AvgIpc) is 2.78. The molecule has 0 saturated carbocycles. The number of nitrogens with one attached hydrogen (secondary N) is 1. The summed E-state index contributed by atoms with van der Waals surface area (Å²) >= 11 is 0. The van der Waals surface area contributed by atoms with E-state index in [1.807, 2.05) is 0 Å². The van der Waals surface area contributed by atoms with Crippen molar-refractivity contribution in [3.8, 4) is 0 Å². The Morgan fingerprint density at radius 2 is 2.00 bits per heavy atom. The molecule has 0 aliphatic rings. The van der Waals surface area contributed by atoms with Gasteiger partial charge in [-0.25, -0.2) is 0 Å². The number of hydrogen-bond acceptors (Lipinski definition) is 2. The van der Waals surface area contributed by atoms with Gasteiger partial charge in [0, 0.05) is 17.8 Å². The van der Waals surface area contributed by atoms with Crippen LogP contribution < -0.4 is 5.32 Å². The zero-order chi connectivity index (χ0) is 12.3. The number of hydrogen-bond donors (Lipinski definition) is 1. The normalized spacial score (nSPS) is 11.5. The molecule has 1 heterocycles. The molecular weight excluding hydrogens is 231 g/mol. The van der Waals surface area contributed by atoms with Crippen molar-refractivity contribution in [2.75, 3.05) is 5.32 Å². The van der Waals surface area contributed by atoms with E-state index < -0.39 is 11.7 Å². The second kappa shape index (κ2) is 4.53. The minimum Gasteiger partial charge on any atom is -0.472 e. The fourth-order valence-electron chi connectivity index (χ4n) is 1.40. The van der Waals surface area contributed by atoms with E-state index in [2.05, 4.69) is 5.32 Å². The number of halogens is 3. The second-order valence-electron chi connectivity index (χ2n) is 3.56. The first-order chi connectivity index (χ1) is 8.05. The molecule has 0 spiro atoms. The molecule has 1 N–H and O–H groups in total. The molecule has 0 fully saturated rings. The van der Waals surface area contributed by atoms with Crippen molar-refractivity contribution in [2.24, 2.45) is 0 Å². The van der Waals surface area contributed by atoms with Crippen LogP contribution in [0.15, 0.2) is 47.3 Å². The molecule has 2 nitrogen and oxygen atoms in total. The summed E-state index contributed by atoms with van der Waals surface area (Å²) in [7, 11) is 0. The summed E-state index contributed by atoms with van der Waals surface area (Å²) in [4.78, 5) is 0. The maximum atomic E-state index is 12.4. The van der Waals surface area contributed by atoms with Gasteiger partial charge in [-0.1, -0.05) is 6.07 Å². The van der Waals surface area contributed by atoms with Gasteiger partial charge in [0.1, 0.15) is 0 Å². The molecule has 0 bridgehead atoms. The number of benzene rings is 1. The Kier molecular flexibility index (Phi) is 3.08. The summed E-state index contributed by atoms with van der Waals surface area (Å²) in [5.74, 6) is 0. The molecule has 0 aliphatic carbocycles. The van der Waals surface area contributed by atoms with Gasteiger partial charge in [0.05, 0.1) is 18.1 Å². The molecular formula is C12H10F3NO. The molecule has 0 unspecified atom stereocenters. The third-order valence-corrected chi connectivity index (χ3v) is 2.27. The van der Waals surface area contributed by atoms with Crippen molar-refractivity contribution in [2.45, 2.75) is 12.7 Å². The average molecular weight is 241 g/mol. The maximum absolute atomic E-state index is 12.4. The first-order valence-electron chi connectivity index (χ1n) is 4.98. The van der Waals surface area contributed by atoms with Crippen LogP contribution in [0.5, 0.6) is 0 Å². The van der Waals surface area contributed by atoms with Gasteiger partial charge in [0.15, 0.2) is 0 Å². The highest BCUT2D eigenvalue weighted by molar-refractivity contribution is 5.46. The van der Waals surface area contributed by atoms with Crippen LogP contribution >= 0.6 is 0 Å². The van der Waals surface area contributed by atoms with Gasteiger partial charge < -0.3 is 9.73 Å². The van der Waals surface area contributed by atoms with Crippen molar-refractivity contribution in [1.29, 1.82) is 0 Å². The summed E-state index contributed by atoms with van der Waals surface area (Å²) in [5.41, 5.74) is 0.651. The zero-order valence-electron chi connectivity index (χ0n) is 8.79. The van der Waals surface area contributed by atoms with E-state index in [1.165, 1.54) is 12.3 Å². The van der Waals surface area contributed by atoms with Crippen molar-refractivity contribution in [1.82, 2.24) is 0 Å². The van der Waals surface area contributed by atoms with Crippen molar-refractivity contribution >= 4 is 5.69 Å². The first kappa shape index (κ1) is 11.6. The minimum atomic E-state index is -4.31. The minimum absolute atomic E-state index is 0.428. The van der Waals surface area contributed by atoms with Crippen molar-refractivity contribution < 1.29 is 17.6 Å². The number of furan rings is 1. The predicted molar refractivity (Wildman–Crippen MR) is 57.5 cm³/mol. The smallest absolute Gasteiger partial charge is 0.416 e. The lowest BCUT2D eigenvalue weighted by molar-refractivity contribution is -0.137. The first-order valence-corrected chi connectivity index (χ1v) is 4.98. The fraction of sp³-hybridized carbons (Fsp3) is 0.167. The topological polar surface area (TPSA) is 25.2 Å². The maximum Gasteiger partial charge on any atom is 0.416 e. The number of alkyl halides is 3. The van der Waals surface area contributed by atoms with E-state index in [1.54, 1.807) is 18.4 Å². The Morgan fingerprint density at radius 3 is 2.65 bits per heavy atom. The van der Waals surface area contributed by atoms with Crippen LogP contribution in [0.2, 0.25) is 0 Å². The quantitative estimate of drug-likeness (QED) is 0.881. The van der Waals surface area contributed by atoms with E-state index in [-0.39, 0.29) is 0 Å². The molecule has 90 valence electrons. The Balaban J connectivity index is 2.07. The molecule has 0 saturated heterocycles. The summed E-state index contributed by atoms with van der Waals surface area (Å²) < 4.78 is 42.2. The van der Waals surface area contributed by atoms with Gasteiger partial charge in [-0.05, 0) is 24.3 Å². The highest BCUT2D eigenvalue weighted by Crippen LogP contribution is 2.30. The van der Waals surface area contributed by atoms with Gasteiger partial charge in [0.2, 0.25) is 0 Å². The largest absolute Gasteiger partial charge is 0.472 e. The second-order valence-corrected chi connectivity index (χ2v) is 3.56. The summed E-state index contributed by atoms with van der Waals surface area (Å²) in [5, 5.41) is 2.90. The van der Waals surface area contributed by atoms with E-state index in [4.69, 9.17) is 4.42 Å². The molecule has 0 amide bonds. The number of rotatable bonds is 3. The highest BCUT2D eigenvalue weighted by atomic mass is 19.4. The van der Waals surface area contributed by atoms with E-state index in [9.17, 15) is 13.2 Å². The molecule has 1 aromatic heterocycles. The molecule has 0 atom stereocenters. The van der Waals surface area contributed by atoms with Crippen molar-refractivity contribution in [3.05, 3.63) is 54.0 Å². The summed E-state index contributed by atoms with van der Waals surface area (Å²) in [6.45, 7) is 0.428. The van der Waals surface area contributed by atoms with Crippen LogP contribution in [0.4, 0.5) is 18.9 Å². The van der Waals surface area contributed by atoms with E-state index in [0.717, 1.165) is 17.7 Å². The Morgan fingerprint density at radius 1 is 1.18 bits per heavy atom. The zero-order valence-corrected chi connectivity index (χ0v) is 8.79. The standard InChI is InChI=1S/C12H10F3NO/c13-12(14,15)10-2-1-3-11(6-10)16-7-9-4-5-17-8-9/h1-6,8,16H,7H2. The Labute approximate surface area is 96.1 Å². The Hall–Kier alpha value is -1.91. The van der Waals surface area contributed by atoms with Crippen LogP contribution in [0.25, 0.3) is 0 Å². The third kappa shape index (κ3) is 3.03. The van der Waals surface area contributed by atoms with Gasteiger partial charge in [-0.3, -0.25) is 0 Å². The molecule has 17 heavy (non-hydrogen) atoms. The van der Waals surface area contributed by atoms with Crippen molar-refractivity contribution in [3.63, 3.8) is 0 Å². The number of anilines is 1. The van der Waals surface area contributed by atoms with Gasteiger partial charge >= 0.3 is 6.18 Å². The fourth-order valence-corrected chi connectivity index (χ4v) is 1.40. The summed E-state index contributed by atoms with van der Waals surface area (Å²) in [6, 6.07) is 6.85. The van der Waals surface area contributed by atoms with E-state index in [0.29, 0.717) is 12.2 Å². The van der Waals surface area contributed by atoms with Gasteiger partial charge in [-0.15, -0.1) is 0 Å². The lowest BCUT2D eigenvalue weighted by Crippen LogP contribution is -2.06. The van der Waals surface area contributed by atoms with Gasteiger partial charge in [0.25, 0.3) is 0 Å². The van der Waals surface area contributed by atoms with Crippen LogP contribution in [0, 0.1) is 0 Å². The van der Waals surface area contributed by atoms with Crippen LogP contribution in [-0.2, 0) is 12.7 Å².